The van der Waals surface area contributed by atoms with Gasteiger partial charge in [-0.2, -0.15) is 0 Å². The average molecular weight is 350 g/mol. The molecule has 0 aromatic heterocycles. The van der Waals surface area contributed by atoms with Crippen molar-refractivity contribution in [3.05, 3.63) is 65.7 Å². The summed E-state index contributed by atoms with van der Waals surface area (Å²) < 4.78 is 5.78. The van der Waals surface area contributed by atoms with Gasteiger partial charge in [0.2, 0.25) is 0 Å². The predicted molar refractivity (Wildman–Crippen MR) is 103 cm³/mol. The number of nitrogens with one attached hydrogen (secondary N) is 1. The maximum atomic E-state index is 12.3. The van der Waals surface area contributed by atoms with Crippen LogP contribution in [0.25, 0.3) is 0 Å². The summed E-state index contributed by atoms with van der Waals surface area (Å²) in [6.07, 6.45) is 3.12. The lowest BCUT2D eigenvalue weighted by atomic mass is 9.91. The number of hydrogen-bond donors (Lipinski definition) is 1. The van der Waals surface area contributed by atoms with Gasteiger partial charge in [-0.15, -0.1) is 0 Å². The van der Waals surface area contributed by atoms with Crippen molar-refractivity contribution < 1.29 is 9.53 Å². The number of piperidine rings is 1. The Bertz CT molecular complexity index is 739. The van der Waals surface area contributed by atoms with Crippen molar-refractivity contribution in [2.75, 3.05) is 26.2 Å². The van der Waals surface area contributed by atoms with Crippen molar-refractivity contribution in [3.8, 4) is 5.75 Å². The topological polar surface area (TPSA) is 41.6 Å². The van der Waals surface area contributed by atoms with Gasteiger partial charge < -0.3 is 15.0 Å². The van der Waals surface area contributed by atoms with E-state index < -0.39 is 0 Å². The first kappa shape index (κ1) is 17.1. The molecule has 4 rings (SSSR count). The normalized spacial score (nSPS) is 20.8. The summed E-state index contributed by atoms with van der Waals surface area (Å²) in [5.41, 5.74) is 2.09. The minimum atomic E-state index is 0.0439. The molecule has 0 saturated carbocycles. The molecule has 2 aliphatic rings. The summed E-state index contributed by atoms with van der Waals surface area (Å²) in [5, 5.41) is 3.19. The summed E-state index contributed by atoms with van der Waals surface area (Å²) >= 11 is 0. The zero-order valence-corrected chi connectivity index (χ0v) is 15.1. The summed E-state index contributed by atoms with van der Waals surface area (Å²) in [5.74, 6) is 1.64. The van der Waals surface area contributed by atoms with Crippen LogP contribution in [0.2, 0.25) is 0 Å². The molecule has 4 nitrogen and oxygen atoms in total. The van der Waals surface area contributed by atoms with E-state index in [4.69, 9.17) is 4.74 Å². The molecule has 4 heteroatoms. The van der Waals surface area contributed by atoms with Crippen molar-refractivity contribution in [2.24, 2.45) is 0 Å². The summed E-state index contributed by atoms with van der Waals surface area (Å²) in [6, 6.07) is 18.2. The summed E-state index contributed by atoms with van der Waals surface area (Å²) in [7, 11) is 0. The second kappa shape index (κ2) is 7.92. The highest BCUT2D eigenvalue weighted by atomic mass is 16.5. The highest BCUT2D eigenvalue weighted by Crippen LogP contribution is 2.34. The smallest absolute Gasteiger partial charge is 0.251 e. The van der Waals surface area contributed by atoms with Gasteiger partial charge in [-0.1, -0.05) is 36.4 Å². The fourth-order valence-electron chi connectivity index (χ4n) is 4.04. The number of nitrogens with zero attached hydrogens (tertiary/aromatic N) is 1. The SMILES string of the molecule is O=C(NC1CCN(CC2CCOc3ccccc32)CC1)c1ccccc1. The predicted octanol–water partition coefficient (Wildman–Crippen LogP) is 3.45. The first-order chi connectivity index (χ1) is 12.8. The average Bonchev–Trinajstić information content (AvgIpc) is 2.70. The maximum Gasteiger partial charge on any atom is 0.251 e. The van der Waals surface area contributed by atoms with E-state index >= 15 is 0 Å². The van der Waals surface area contributed by atoms with Crippen molar-refractivity contribution >= 4 is 5.91 Å². The summed E-state index contributed by atoms with van der Waals surface area (Å²) in [4.78, 5) is 14.8. The van der Waals surface area contributed by atoms with Crippen molar-refractivity contribution in [1.82, 2.24) is 10.2 Å². The van der Waals surface area contributed by atoms with Gasteiger partial charge in [-0.05, 0) is 43.0 Å². The van der Waals surface area contributed by atoms with E-state index in [0.29, 0.717) is 5.92 Å². The van der Waals surface area contributed by atoms with Gasteiger partial charge in [0.1, 0.15) is 5.75 Å². The minimum Gasteiger partial charge on any atom is -0.493 e. The van der Waals surface area contributed by atoms with Crippen molar-refractivity contribution in [1.29, 1.82) is 0 Å². The number of benzene rings is 2. The van der Waals surface area contributed by atoms with Gasteiger partial charge in [-0.3, -0.25) is 4.79 Å². The molecule has 1 amide bonds. The molecule has 1 fully saturated rings. The van der Waals surface area contributed by atoms with E-state index in [-0.39, 0.29) is 11.9 Å². The Labute approximate surface area is 155 Å². The number of carbonyl (C=O) groups is 1. The van der Waals surface area contributed by atoms with Crippen LogP contribution in [-0.2, 0) is 0 Å². The lowest BCUT2D eigenvalue weighted by Gasteiger charge is -2.36. The van der Waals surface area contributed by atoms with Gasteiger partial charge in [0.25, 0.3) is 5.91 Å². The van der Waals surface area contributed by atoms with E-state index in [9.17, 15) is 4.79 Å². The third-order valence-electron chi connectivity index (χ3n) is 5.52. The van der Waals surface area contributed by atoms with Crippen LogP contribution in [0.4, 0.5) is 0 Å². The fraction of sp³-hybridized carbons (Fsp3) is 0.409. The number of likely N-dealkylation sites (tertiary alicyclic amines) is 1. The van der Waals surface area contributed by atoms with Crippen LogP contribution in [0.5, 0.6) is 5.75 Å². The van der Waals surface area contributed by atoms with Crippen LogP contribution in [-0.4, -0.2) is 43.1 Å². The molecule has 0 bridgehead atoms. The Morgan fingerprint density at radius 2 is 1.73 bits per heavy atom. The molecule has 2 aromatic rings. The van der Waals surface area contributed by atoms with E-state index in [2.05, 4.69) is 28.4 Å². The number of para-hydroxylation sites is 1. The zero-order valence-electron chi connectivity index (χ0n) is 15.1. The lowest BCUT2D eigenvalue weighted by molar-refractivity contribution is 0.0906. The third kappa shape index (κ3) is 3.91. The molecule has 26 heavy (non-hydrogen) atoms. The van der Waals surface area contributed by atoms with Crippen LogP contribution >= 0.6 is 0 Å². The Balaban J connectivity index is 1.29. The van der Waals surface area contributed by atoms with Crippen molar-refractivity contribution in [2.45, 2.75) is 31.2 Å². The Kier molecular flexibility index (Phi) is 5.21. The van der Waals surface area contributed by atoms with Gasteiger partial charge in [-0.25, -0.2) is 0 Å². The first-order valence-electron chi connectivity index (χ1n) is 9.59. The first-order valence-corrected chi connectivity index (χ1v) is 9.59. The molecule has 1 N–H and O–H groups in total. The Morgan fingerprint density at radius 1 is 1.00 bits per heavy atom. The van der Waals surface area contributed by atoms with E-state index in [1.54, 1.807) is 0 Å². The largest absolute Gasteiger partial charge is 0.493 e. The number of fused-ring (bicyclic) bond motifs is 1. The molecule has 1 atom stereocenters. The third-order valence-corrected chi connectivity index (χ3v) is 5.52. The molecule has 0 spiro atoms. The molecule has 2 aliphatic heterocycles. The monoisotopic (exact) mass is 350 g/mol. The number of rotatable bonds is 4. The van der Waals surface area contributed by atoms with Crippen LogP contribution in [0.3, 0.4) is 0 Å². The van der Waals surface area contributed by atoms with E-state index in [1.165, 1.54) is 5.56 Å². The quantitative estimate of drug-likeness (QED) is 0.918. The number of amides is 1. The van der Waals surface area contributed by atoms with E-state index in [1.807, 2.05) is 36.4 Å². The summed E-state index contributed by atoms with van der Waals surface area (Å²) in [6.45, 7) is 3.98. The van der Waals surface area contributed by atoms with Gasteiger partial charge in [0, 0.05) is 37.2 Å². The molecule has 0 radical (unpaired) electrons. The minimum absolute atomic E-state index is 0.0439. The van der Waals surface area contributed by atoms with Crippen LogP contribution in [0.15, 0.2) is 54.6 Å². The van der Waals surface area contributed by atoms with Gasteiger partial charge in [0.05, 0.1) is 6.61 Å². The standard InChI is InChI=1S/C22H26N2O2/c25-22(17-6-2-1-3-7-17)23-19-10-13-24(14-11-19)16-18-12-15-26-21-9-5-4-8-20(18)21/h1-9,18-19H,10-16H2,(H,23,25). The second-order valence-corrected chi connectivity index (χ2v) is 7.29. The molecule has 2 heterocycles. The molecule has 1 saturated heterocycles. The van der Waals surface area contributed by atoms with E-state index in [0.717, 1.165) is 56.8 Å². The van der Waals surface area contributed by atoms with Crippen LogP contribution < -0.4 is 10.1 Å². The molecular formula is C22H26N2O2. The van der Waals surface area contributed by atoms with Crippen LogP contribution in [0.1, 0.15) is 41.1 Å². The number of carbonyl (C=O) groups excluding carboxylic acids is 1. The fourth-order valence-corrected chi connectivity index (χ4v) is 4.04. The van der Waals surface area contributed by atoms with Gasteiger partial charge in [0.15, 0.2) is 0 Å². The second-order valence-electron chi connectivity index (χ2n) is 7.29. The Morgan fingerprint density at radius 3 is 2.54 bits per heavy atom. The lowest BCUT2D eigenvalue weighted by Crippen LogP contribution is -2.45. The van der Waals surface area contributed by atoms with Gasteiger partial charge >= 0.3 is 0 Å². The highest BCUT2D eigenvalue weighted by Gasteiger charge is 2.26. The van der Waals surface area contributed by atoms with Crippen LogP contribution in [0, 0.1) is 0 Å². The molecule has 2 aromatic carbocycles. The Hall–Kier alpha value is -2.33. The zero-order chi connectivity index (χ0) is 17.8. The number of ether oxygens (including phenoxy) is 1. The molecule has 0 aliphatic carbocycles. The number of hydrogen-bond acceptors (Lipinski definition) is 3. The molecule has 1 unspecified atom stereocenters. The maximum absolute atomic E-state index is 12.3. The molecular weight excluding hydrogens is 324 g/mol. The molecule has 136 valence electrons. The van der Waals surface area contributed by atoms with Crippen molar-refractivity contribution in [3.63, 3.8) is 0 Å². The highest BCUT2D eigenvalue weighted by molar-refractivity contribution is 5.94.